The van der Waals surface area contributed by atoms with Gasteiger partial charge in [-0.05, 0) is 48.8 Å². The summed E-state index contributed by atoms with van der Waals surface area (Å²) >= 11 is 3.24. The van der Waals surface area contributed by atoms with E-state index < -0.39 is 5.60 Å². The van der Waals surface area contributed by atoms with Crippen molar-refractivity contribution in [2.24, 2.45) is 0 Å². The highest BCUT2D eigenvalue weighted by Crippen LogP contribution is 2.13. The van der Waals surface area contributed by atoms with Gasteiger partial charge in [-0.2, -0.15) is 0 Å². The number of hydroxylamine groups is 1. The molecule has 0 saturated heterocycles. The van der Waals surface area contributed by atoms with E-state index in [1.807, 2.05) is 20.8 Å². The van der Waals surface area contributed by atoms with E-state index in [-0.39, 0.29) is 5.91 Å². The quantitative estimate of drug-likeness (QED) is 0.841. The molecule has 0 atom stereocenters. The molecule has 0 aliphatic rings. The van der Waals surface area contributed by atoms with Gasteiger partial charge in [-0.1, -0.05) is 0 Å². The molecule has 15 heavy (non-hydrogen) atoms. The molecule has 0 aliphatic carbocycles. The van der Waals surface area contributed by atoms with E-state index in [1.54, 1.807) is 18.3 Å². The van der Waals surface area contributed by atoms with Crippen LogP contribution in [0.4, 0.5) is 0 Å². The van der Waals surface area contributed by atoms with Crippen molar-refractivity contribution >= 4 is 21.8 Å². The van der Waals surface area contributed by atoms with Gasteiger partial charge in [0.05, 0.1) is 5.60 Å². The Balaban J connectivity index is 2.66. The second-order valence-corrected chi connectivity index (χ2v) is 4.83. The first kappa shape index (κ1) is 12.1. The van der Waals surface area contributed by atoms with Crippen LogP contribution in [0.5, 0.6) is 0 Å². The highest BCUT2D eigenvalue weighted by Gasteiger charge is 2.16. The Bertz CT molecular complexity index is 361. The minimum absolute atomic E-state index is 0.307. The Hall–Kier alpha value is -0.940. The van der Waals surface area contributed by atoms with Gasteiger partial charge in [-0.15, -0.1) is 0 Å². The van der Waals surface area contributed by atoms with Crippen LogP contribution in [0.2, 0.25) is 0 Å². The summed E-state index contributed by atoms with van der Waals surface area (Å²) in [7, 11) is 0. The van der Waals surface area contributed by atoms with Gasteiger partial charge in [0, 0.05) is 10.7 Å². The minimum atomic E-state index is -0.420. The Kier molecular flexibility index (Phi) is 3.82. The zero-order valence-electron chi connectivity index (χ0n) is 8.87. The van der Waals surface area contributed by atoms with Crippen LogP contribution in [0.15, 0.2) is 22.8 Å². The summed E-state index contributed by atoms with van der Waals surface area (Å²) in [5, 5.41) is 0. The number of aromatic nitrogens is 1. The van der Waals surface area contributed by atoms with Gasteiger partial charge in [0.1, 0.15) is 5.69 Å². The van der Waals surface area contributed by atoms with Crippen LogP contribution in [0.3, 0.4) is 0 Å². The number of pyridine rings is 1. The summed E-state index contributed by atoms with van der Waals surface area (Å²) in [4.78, 5) is 20.7. The second-order valence-electron chi connectivity index (χ2n) is 3.98. The first-order chi connectivity index (χ1) is 6.90. The van der Waals surface area contributed by atoms with E-state index in [0.717, 1.165) is 0 Å². The zero-order valence-corrected chi connectivity index (χ0v) is 10.5. The van der Waals surface area contributed by atoms with E-state index in [2.05, 4.69) is 26.4 Å². The summed E-state index contributed by atoms with van der Waals surface area (Å²) in [6.07, 6.45) is 1.55. The highest BCUT2D eigenvalue weighted by atomic mass is 79.9. The van der Waals surface area contributed by atoms with Crippen LogP contribution in [-0.4, -0.2) is 16.5 Å². The Morgan fingerprint density at radius 2 is 2.20 bits per heavy atom. The number of halogens is 1. The average Bonchev–Trinajstić information content (AvgIpc) is 2.14. The standard InChI is InChI=1S/C10H13BrN2O2/c1-10(2,3)15-13-9(14)8-7(11)5-4-6-12-8/h4-6H,1-3H3,(H,13,14). The highest BCUT2D eigenvalue weighted by molar-refractivity contribution is 9.10. The lowest BCUT2D eigenvalue weighted by Gasteiger charge is -2.18. The summed E-state index contributed by atoms with van der Waals surface area (Å²) in [6, 6.07) is 3.49. The lowest BCUT2D eigenvalue weighted by molar-refractivity contribution is -0.0591. The van der Waals surface area contributed by atoms with E-state index >= 15 is 0 Å². The molecule has 0 aliphatic heterocycles. The molecule has 0 unspecified atom stereocenters. The SMILES string of the molecule is CC(C)(C)ONC(=O)c1ncccc1Br. The third-order valence-electron chi connectivity index (χ3n) is 1.42. The molecule has 1 aromatic rings. The molecule has 0 bridgehead atoms. The summed E-state index contributed by atoms with van der Waals surface area (Å²) in [5.41, 5.74) is 2.24. The van der Waals surface area contributed by atoms with Crippen LogP contribution in [-0.2, 0) is 4.84 Å². The molecular weight excluding hydrogens is 260 g/mol. The molecule has 0 saturated carbocycles. The van der Waals surface area contributed by atoms with E-state index in [9.17, 15) is 4.79 Å². The molecule has 1 amide bonds. The fourth-order valence-electron chi connectivity index (χ4n) is 0.801. The van der Waals surface area contributed by atoms with Crippen molar-refractivity contribution < 1.29 is 9.63 Å². The van der Waals surface area contributed by atoms with Crippen molar-refractivity contribution in [1.82, 2.24) is 10.5 Å². The molecular formula is C10H13BrN2O2. The first-order valence-corrected chi connectivity index (χ1v) is 5.28. The van der Waals surface area contributed by atoms with Crippen molar-refractivity contribution in [3.8, 4) is 0 Å². The van der Waals surface area contributed by atoms with Gasteiger partial charge in [-0.25, -0.2) is 10.5 Å². The first-order valence-electron chi connectivity index (χ1n) is 4.49. The van der Waals surface area contributed by atoms with Gasteiger partial charge in [-0.3, -0.25) is 9.63 Å². The Morgan fingerprint density at radius 3 is 2.73 bits per heavy atom. The van der Waals surface area contributed by atoms with Crippen molar-refractivity contribution in [3.63, 3.8) is 0 Å². The number of carbonyl (C=O) groups is 1. The lowest BCUT2D eigenvalue weighted by atomic mass is 10.2. The van der Waals surface area contributed by atoms with E-state index in [1.165, 1.54) is 0 Å². The van der Waals surface area contributed by atoms with Crippen molar-refractivity contribution in [2.45, 2.75) is 26.4 Å². The van der Waals surface area contributed by atoms with Crippen molar-refractivity contribution in [2.75, 3.05) is 0 Å². The molecule has 0 aromatic carbocycles. The van der Waals surface area contributed by atoms with E-state index in [0.29, 0.717) is 10.2 Å². The maximum Gasteiger partial charge on any atom is 0.294 e. The van der Waals surface area contributed by atoms with Crippen molar-refractivity contribution in [1.29, 1.82) is 0 Å². The molecule has 1 heterocycles. The number of carbonyl (C=O) groups excluding carboxylic acids is 1. The summed E-state index contributed by atoms with van der Waals surface area (Å²) in [6.45, 7) is 5.54. The number of nitrogens with one attached hydrogen (secondary N) is 1. The zero-order chi connectivity index (χ0) is 11.5. The van der Waals surface area contributed by atoms with Gasteiger partial charge < -0.3 is 0 Å². The Morgan fingerprint density at radius 1 is 1.53 bits per heavy atom. The summed E-state index contributed by atoms with van der Waals surface area (Å²) in [5.74, 6) is -0.364. The molecule has 1 N–H and O–H groups in total. The largest absolute Gasteiger partial charge is 0.294 e. The monoisotopic (exact) mass is 272 g/mol. The number of nitrogens with zero attached hydrogens (tertiary/aromatic N) is 1. The van der Waals surface area contributed by atoms with Crippen LogP contribution < -0.4 is 5.48 Å². The third-order valence-corrected chi connectivity index (χ3v) is 2.06. The molecule has 0 spiro atoms. The smallest absolute Gasteiger partial charge is 0.268 e. The molecule has 4 nitrogen and oxygen atoms in total. The van der Waals surface area contributed by atoms with Gasteiger partial charge in [0.15, 0.2) is 0 Å². The fourth-order valence-corrected chi connectivity index (χ4v) is 1.24. The van der Waals surface area contributed by atoms with Gasteiger partial charge in [0.25, 0.3) is 5.91 Å². The van der Waals surface area contributed by atoms with E-state index in [4.69, 9.17) is 4.84 Å². The molecule has 1 aromatic heterocycles. The second kappa shape index (κ2) is 4.72. The number of hydrogen-bond donors (Lipinski definition) is 1. The number of rotatable bonds is 2. The molecule has 1 rings (SSSR count). The topological polar surface area (TPSA) is 51.2 Å². The maximum atomic E-state index is 11.6. The van der Waals surface area contributed by atoms with Gasteiger partial charge >= 0.3 is 0 Å². The Labute approximate surface area is 97.1 Å². The average molecular weight is 273 g/mol. The lowest BCUT2D eigenvalue weighted by Crippen LogP contribution is -2.34. The maximum absolute atomic E-state index is 11.6. The predicted molar refractivity (Wildman–Crippen MR) is 60.2 cm³/mol. The number of hydrogen-bond acceptors (Lipinski definition) is 3. The van der Waals surface area contributed by atoms with Crippen LogP contribution in [0, 0.1) is 0 Å². The summed E-state index contributed by atoms with van der Waals surface area (Å²) < 4.78 is 0.639. The van der Waals surface area contributed by atoms with Crippen molar-refractivity contribution in [3.05, 3.63) is 28.5 Å². The van der Waals surface area contributed by atoms with Crippen LogP contribution in [0.25, 0.3) is 0 Å². The number of amides is 1. The van der Waals surface area contributed by atoms with Crippen LogP contribution in [0.1, 0.15) is 31.3 Å². The third kappa shape index (κ3) is 3.97. The normalized spacial score (nSPS) is 11.2. The molecule has 5 heteroatoms. The fraction of sp³-hybridized carbons (Fsp3) is 0.400. The molecule has 0 fully saturated rings. The molecule has 82 valence electrons. The van der Waals surface area contributed by atoms with Crippen LogP contribution >= 0.6 is 15.9 Å². The van der Waals surface area contributed by atoms with Gasteiger partial charge in [0.2, 0.25) is 0 Å². The predicted octanol–water partition coefficient (Wildman–Crippen LogP) is 2.30. The minimum Gasteiger partial charge on any atom is -0.268 e. The molecule has 0 radical (unpaired) electrons.